The molecule has 26 heavy (non-hydrogen) atoms. The minimum absolute atomic E-state index is 0.0111. The van der Waals surface area contributed by atoms with E-state index in [4.69, 9.17) is 4.74 Å². The van der Waals surface area contributed by atoms with E-state index in [1.165, 1.54) is 0 Å². The van der Waals surface area contributed by atoms with Gasteiger partial charge in [-0.1, -0.05) is 6.92 Å². The number of benzene rings is 1. The van der Waals surface area contributed by atoms with E-state index in [2.05, 4.69) is 10.6 Å². The fraction of sp³-hybridized carbons (Fsp3) is 0.529. The fourth-order valence-corrected chi connectivity index (χ4v) is 4.42. The normalized spacial score (nSPS) is 18.5. The van der Waals surface area contributed by atoms with E-state index in [0.29, 0.717) is 24.4 Å². The van der Waals surface area contributed by atoms with Crippen molar-refractivity contribution in [2.45, 2.75) is 19.4 Å². The van der Waals surface area contributed by atoms with Gasteiger partial charge in [-0.15, -0.1) is 0 Å². The van der Waals surface area contributed by atoms with Gasteiger partial charge in [-0.05, 0) is 37.2 Å². The van der Waals surface area contributed by atoms with Crippen LogP contribution in [0, 0.1) is 0 Å². The number of methoxy groups -OCH3 is 1. The van der Waals surface area contributed by atoms with E-state index in [0.717, 1.165) is 0 Å². The molecular formula is C17H25N3O5S. The van der Waals surface area contributed by atoms with Gasteiger partial charge in [0.25, 0.3) is 0 Å². The van der Waals surface area contributed by atoms with E-state index < -0.39 is 9.84 Å². The van der Waals surface area contributed by atoms with Crippen molar-refractivity contribution in [3.63, 3.8) is 0 Å². The molecule has 0 aromatic heterocycles. The first-order valence-electron chi connectivity index (χ1n) is 8.47. The molecule has 9 heteroatoms. The van der Waals surface area contributed by atoms with Crippen molar-refractivity contribution in [3.8, 4) is 5.75 Å². The Balaban J connectivity index is 1.80. The van der Waals surface area contributed by atoms with Gasteiger partial charge >= 0.3 is 0 Å². The molecule has 1 aliphatic rings. The number of carbonyl (C=O) groups is 2. The van der Waals surface area contributed by atoms with Crippen LogP contribution in [0.2, 0.25) is 0 Å². The quantitative estimate of drug-likeness (QED) is 0.667. The summed E-state index contributed by atoms with van der Waals surface area (Å²) >= 11 is 0. The van der Waals surface area contributed by atoms with Crippen LogP contribution in [0.15, 0.2) is 24.3 Å². The summed E-state index contributed by atoms with van der Waals surface area (Å²) in [6, 6.07) is 6.63. The molecule has 2 rings (SSSR count). The van der Waals surface area contributed by atoms with Crippen LogP contribution in [0.1, 0.15) is 13.3 Å². The number of amides is 2. The molecule has 144 valence electrons. The Kier molecular flexibility index (Phi) is 6.98. The van der Waals surface area contributed by atoms with Crippen molar-refractivity contribution in [3.05, 3.63) is 24.3 Å². The lowest BCUT2D eigenvalue weighted by atomic mass is 10.2. The third-order valence-electron chi connectivity index (χ3n) is 4.15. The SMILES string of the molecule is CCN(CC(=O)Nc1ccc(OC)cc1)CC(=O)N[C@H]1CCS(=O)(=O)C1. The van der Waals surface area contributed by atoms with Crippen LogP contribution in [0.25, 0.3) is 0 Å². The lowest BCUT2D eigenvalue weighted by Gasteiger charge is -2.20. The topological polar surface area (TPSA) is 105 Å². The lowest BCUT2D eigenvalue weighted by Crippen LogP contribution is -2.44. The van der Waals surface area contributed by atoms with E-state index >= 15 is 0 Å². The highest BCUT2D eigenvalue weighted by Crippen LogP contribution is 2.15. The van der Waals surface area contributed by atoms with Gasteiger partial charge in [0, 0.05) is 11.7 Å². The maximum atomic E-state index is 12.2. The zero-order chi connectivity index (χ0) is 19.2. The van der Waals surface area contributed by atoms with Gasteiger partial charge in [0.2, 0.25) is 11.8 Å². The number of anilines is 1. The number of hydrogen-bond acceptors (Lipinski definition) is 6. The number of ether oxygens (including phenoxy) is 1. The second-order valence-electron chi connectivity index (χ2n) is 6.25. The first-order chi connectivity index (χ1) is 12.3. The first-order valence-corrected chi connectivity index (χ1v) is 10.3. The number of hydrogen-bond donors (Lipinski definition) is 2. The average Bonchev–Trinajstić information content (AvgIpc) is 2.93. The van der Waals surface area contributed by atoms with Gasteiger partial charge in [-0.3, -0.25) is 14.5 Å². The van der Waals surface area contributed by atoms with E-state index in [1.807, 2.05) is 6.92 Å². The fourth-order valence-electron chi connectivity index (χ4n) is 2.74. The minimum Gasteiger partial charge on any atom is -0.497 e. The van der Waals surface area contributed by atoms with Crippen LogP contribution in [0.3, 0.4) is 0 Å². The molecule has 1 aliphatic heterocycles. The van der Waals surface area contributed by atoms with Crippen molar-refractivity contribution in [1.29, 1.82) is 0 Å². The molecule has 1 aromatic carbocycles. The minimum atomic E-state index is -3.04. The summed E-state index contributed by atoms with van der Waals surface area (Å²) in [7, 11) is -1.47. The first kappa shape index (κ1) is 20.2. The summed E-state index contributed by atoms with van der Waals surface area (Å²) < 4.78 is 27.9. The number of nitrogens with zero attached hydrogens (tertiary/aromatic N) is 1. The summed E-state index contributed by atoms with van der Waals surface area (Å²) in [6.07, 6.45) is 0.443. The molecule has 8 nitrogen and oxygen atoms in total. The van der Waals surface area contributed by atoms with Crippen LogP contribution >= 0.6 is 0 Å². The second-order valence-corrected chi connectivity index (χ2v) is 8.48. The Morgan fingerprint density at radius 2 is 1.85 bits per heavy atom. The standard InChI is InChI=1S/C17H25N3O5S/c1-3-20(11-17(22)19-14-8-9-26(23,24)12-14)10-16(21)18-13-4-6-15(25-2)7-5-13/h4-7,14H,3,8-12H2,1-2H3,(H,18,21)(H,19,22)/t14-/m0/s1. The number of rotatable bonds is 8. The van der Waals surface area contributed by atoms with Crippen LogP contribution in [0.4, 0.5) is 5.69 Å². The largest absolute Gasteiger partial charge is 0.497 e. The molecule has 1 saturated heterocycles. The highest BCUT2D eigenvalue weighted by Gasteiger charge is 2.29. The van der Waals surface area contributed by atoms with Crippen LogP contribution < -0.4 is 15.4 Å². The molecule has 1 atom stereocenters. The molecule has 0 radical (unpaired) electrons. The predicted molar refractivity (Wildman–Crippen MR) is 98.9 cm³/mol. The molecule has 0 aliphatic carbocycles. The van der Waals surface area contributed by atoms with E-state index in [9.17, 15) is 18.0 Å². The second kappa shape index (κ2) is 9.00. The molecule has 0 spiro atoms. The predicted octanol–water partition coefficient (Wildman–Crippen LogP) is 0.259. The smallest absolute Gasteiger partial charge is 0.238 e. The number of carbonyl (C=O) groups excluding carboxylic acids is 2. The zero-order valence-corrected chi connectivity index (χ0v) is 15.8. The van der Waals surface area contributed by atoms with Gasteiger partial charge in [0.1, 0.15) is 5.75 Å². The Bertz CT molecular complexity index is 733. The Hall–Kier alpha value is -2.13. The van der Waals surface area contributed by atoms with Crippen LogP contribution in [0.5, 0.6) is 5.75 Å². The van der Waals surface area contributed by atoms with Crippen molar-refractivity contribution >= 4 is 27.3 Å². The number of nitrogens with one attached hydrogen (secondary N) is 2. The number of likely N-dealkylation sites (N-methyl/N-ethyl adjacent to an activating group) is 1. The third-order valence-corrected chi connectivity index (χ3v) is 5.92. The highest BCUT2D eigenvalue weighted by molar-refractivity contribution is 7.91. The van der Waals surface area contributed by atoms with Crippen molar-refractivity contribution in [1.82, 2.24) is 10.2 Å². The molecule has 1 aromatic rings. The van der Waals surface area contributed by atoms with Crippen molar-refractivity contribution in [2.24, 2.45) is 0 Å². The Morgan fingerprint density at radius 3 is 2.38 bits per heavy atom. The summed E-state index contributed by atoms with van der Waals surface area (Å²) in [4.78, 5) is 25.9. The maximum absolute atomic E-state index is 12.2. The monoisotopic (exact) mass is 383 g/mol. The van der Waals surface area contributed by atoms with Crippen LogP contribution in [-0.4, -0.2) is 69.4 Å². The van der Waals surface area contributed by atoms with E-state index in [-0.39, 0.29) is 42.5 Å². The molecule has 2 N–H and O–H groups in total. The molecule has 1 heterocycles. The van der Waals surface area contributed by atoms with E-state index in [1.54, 1.807) is 36.3 Å². The molecule has 0 saturated carbocycles. The van der Waals surface area contributed by atoms with Crippen LogP contribution in [-0.2, 0) is 19.4 Å². The van der Waals surface area contributed by atoms with Crippen molar-refractivity contribution < 1.29 is 22.7 Å². The molecule has 0 bridgehead atoms. The zero-order valence-electron chi connectivity index (χ0n) is 15.0. The third kappa shape index (κ3) is 6.30. The van der Waals surface area contributed by atoms with Gasteiger partial charge < -0.3 is 15.4 Å². The van der Waals surface area contributed by atoms with Gasteiger partial charge in [0.05, 0.1) is 31.7 Å². The maximum Gasteiger partial charge on any atom is 0.238 e. The summed E-state index contributed by atoms with van der Waals surface area (Å²) in [5.74, 6) is 0.297. The Morgan fingerprint density at radius 1 is 1.19 bits per heavy atom. The number of sulfone groups is 1. The summed E-state index contributed by atoms with van der Waals surface area (Å²) in [5, 5.41) is 5.50. The van der Waals surface area contributed by atoms with Crippen molar-refractivity contribution in [2.75, 3.05) is 43.6 Å². The Labute approximate surface area is 153 Å². The van der Waals surface area contributed by atoms with Gasteiger partial charge in [0.15, 0.2) is 9.84 Å². The average molecular weight is 383 g/mol. The highest BCUT2D eigenvalue weighted by atomic mass is 32.2. The molecule has 1 fully saturated rings. The summed E-state index contributed by atoms with van der Waals surface area (Å²) in [5.41, 5.74) is 0.646. The lowest BCUT2D eigenvalue weighted by molar-refractivity contribution is -0.123. The molecule has 2 amide bonds. The molecule has 0 unspecified atom stereocenters. The van der Waals surface area contributed by atoms with Gasteiger partial charge in [-0.25, -0.2) is 8.42 Å². The summed E-state index contributed by atoms with van der Waals surface area (Å²) in [6.45, 7) is 2.49. The van der Waals surface area contributed by atoms with Gasteiger partial charge in [-0.2, -0.15) is 0 Å². The molecular weight excluding hydrogens is 358 g/mol.